The van der Waals surface area contributed by atoms with Gasteiger partial charge in [-0.05, 0) is 47.2 Å². The summed E-state index contributed by atoms with van der Waals surface area (Å²) in [6.45, 7) is 0.610. The molecule has 1 aromatic rings. The molecular weight excluding hydrogens is 329 g/mol. The zero-order valence-corrected chi connectivity index (χ0v) is 13.2. The summed E-state index contributed by atoms with van der Waals surface area (Å²) >= 11 is 4.90. The molecule has 0 unspecified atom stereocenters. The van der Waals surface area contributed by atoms with Gasteiger partial charge in [-0.25, -0.2) is 4.39 Å². The SMILES string of the molecule is CSC1(CNC(=O)c2cccc(Br)c2F)CCCC1. The average Bonchev–Trinajstić information content (AvgIpc) is 2.89. The van der Waals surface area contributed by atoms with Gasteiger partial charge in [0.1, 0.15) is 5.82 Å². The molecule has 1 aliphatic carbocycles. The average molecular weight is 346 g/mol. The van der Waals surface area contributed by atoms with E-state index in [2.05, 4.69) is 27.5 Å². The third-order valence-corrected chi connectivity index (χ3v) is 5.75. The fraction of sp³-hybridized carbons (Fsp3) is 0.500. The van der Waals surface area contributed by atoms with Crippen LogP contribution in [0.5, 0.6) is 0 Å². The zero-order chi connectivity index (χ0) is 13.9. The van der Waals surface area contributed by atoms with Crippen molar-refractivity contribution in [2.45, 2.75) is 30.4 Å². The Morgan fingerprint density at radius 3 is 2.79 bits per heavy atom. The Morgan fingerprint density at radius 1 is 1.47 bits per heavy atom. The standard InChI is InChI=1S/C14H17BrFNOS/c1-19-14(7-2-3-8-14)9-17-13(18)10-5-4-6-11(15)12(10)16/h4-6H,2-3,7-9H2,1H3,(H,17,18). The molecule has 2 rings (SSSR count). The molecule has 0 atom stereocenters. The summed E-state index contributed by atoms with van der Waals surface area (Å²) in [6, 6.07) is 4.77. The number of carbonyl (C=O) groups excluding carboxylic acids is 1. The van der Waals surface area contributed by atoms with E-state index >= 15 is 0 Å². The van der Waals surface area contributed by atoms with Gasteiger partial charge in [0, 0.05) is 11.3 Å². The Bertz CT molecular complexity index is 475. The zero-order valence-electron chi connectivity index (χ0n) is 10.8. The van der Waals surface area contributed by atoms with Crippen molar-refractivity contribution in [3.8, 4) is 0 Å². The Kier molecular flexibility index (Phi) is 4.90. The smallest absolute Gasteiger partial charge is 0.254 e. The lowest BCUT2D eigenvalue weighted by Crippen LogP contribution is -2.38. The third kappa shape index (κ3) is 3.31. The molecule has 2 nitrogen and oxygen atoms in total. The number of thioether (sulfide) groups is 1. The van der Waals surface area contributed by atoms with Crippen molar-refractivity contribution in [3.05, 3.63) is 34.1 Å². The molecule has 0 aliphatic heterocycles. The van der Waals surface area contributed by atoms with Gasteiger partial charge in [-0.15, -0.1) is 0 Å². The van der Waals surface area contributed by atoms with E-state index in [4.69, 9.17) is 0 Å². The molecule has 0 heterocycles. The Hall–Kier alpha value is -0.550. The predicted octanol–water partition coefficient (Wildman–Crippen LogP) is 3.99. The second kappa shape index (κ2) is 6.27. The van der Waals surface area contributed by atoms with Crippen molar-refractivity contribution in [3.63, 3.8) is 0 Å². The van der Waals surface area contributed by atoms with Crippen molar-refractivity contribution in [2.75, 3.05) is 12.8 Å². The van der Waals surface area contributed by atoms with Crippen LogP contribution in [0.2, 0.25) is 0 Å². The number of benzene rings is 1. The molecule has 0 spiro atoms. The second-order valence-corrected chi connectivity index (χ2v) is 7.01. The highest BCUT2D eigenvalue weighted by molar-refractivity contribution is 9.10. The van der Waals surface area contributed by atoms with Crippen LogP contribution in [0.3, 0.4) is 0 Å². The van der Waals surface area contributed by atoms with Gasteiger partial charge in [-0.3, -0.25) is 4.79 Å². The summed E-state index contributed by atoms with van der Waals surface area (Å²) in [6.07, 6.45) is 6.74. The van der Waals surface area contributed by atoms with E-state index in [0.29, 0.717) is 11.0 Å². The van der Waals surface area contributed by atoms with Crippen LogP contribution in [0.25, 0.3) is 0 Å². The van der Waals surface area contributed by atoms with Gasteiger partial charge in [0.15, 0.2) is 0 Å². The number of nitrogens with one attached hydrogen (secondary N) is 1. The van der Waals surface area contributed by atoms with Crippen LogP contribution in [-0.2, 0) is 0 Å². The minimum absolute atomic E-state index is 0.101. The molecule has 1 saturated carbocycles. The highest BCUT2D eigenvalue weighted by Gasteiger charge is 2.33. The number of carbonyl (C=O) groups is 1. The highest BCUT2D eigenvalue weighted by Crippen LogP contribution is 2.39. The summed E-state index contributed by atoms with van der Waals surface area (Å²) in [4.78, 5) is 12.1. The van der Waals surface area contributed by atoms with Crippen LogP contribution in [-0.4, -0.2) is 23.5 Å². The number of halogens is 2. The number of amides is 1. The lowest BCUT2D eigenvalue weighted by molar-refractivity contribution is 0.0945. The van der Waals surface area contributed by atoms with Gasteiger partial charge >= 0.3 is 0 Å². The minimum atomic E-state index is -0.496. The fourth-order valence-electron chi connectivity index (χ4n) is 2.49. The quantitative estimate of drug-likeness (QED) is 0.893. The second-order valence-electron chi connectivity index (χ2n) is 4.88. The van der Waals surface area contributed by atoms with Gasteiger partial charge in [0.05, 0.1) is 10.0 Å². The van der Waals surface area contributed by atoms with E-state index in [1.807, 2.05) is 0 Å². The first kappa shape index (κ1) is 14.9. The summed E-state index contributed by atoms with van der Waals surface area (Å²) in [7, 11) is 0. The third-order valence-electron chi connectivity index (χ3n) is 3.72. The van der Waals surface area contributed by atoms with Crippen molar-refractivity contribution < 1.29 is 9.18 Å². The van der Waals surface area contributed by atoms with Crippen LogP contribution in [0.15, 0.2) is 22.7 Å². The van der Waals surface area contributed by atoms with Crippen molar-refractivity contribution in [2.24, 2.45) is 0 Å². The van der Waals surface area contributed by atoms with Crippen LogP contribution < -0.4 is 5.32 Å². The summed E-state index contributed by atoms with van der Waals surface area (Å²) in [5.41, 5.74) is 0.101. The first-order chi connectivity index (χ1) is 9.08. The fourth-order valence-corrected chi connectivity index (χ4v) is 3.77. The molecule has 0 saturated heterocycles. The number of hydrogen-bond acceptors (Lipinski definition) is 2. The highest BCUT2D eigenvalue weighted by atomic mass is 79.9. The van der Waals surface area contributed by atoms with Crippen LogP contribution in [0.4, 0.5) is 4.39 Å². The largest absolute Gasteiger partial charge is 0.351 e. The maximum Gasteiger partial charge on any atom is 0.254 e. The van der Waals surface area contributed by atoms with Gasteiger partial charge < -0.3 is 5.32 Å². The van der Waals surface area contributed by atoms with Crippen molar-refractivity contribution >= 4 is 33.6 Å². The molecule has 1 N–H and O–H groups in total. The van der Waals surface area contributed by atoms with Gasteiger partial charge in [0.2, 0.25) is 0 Å². The molecule has 0 bridgehead atoms. The normalized spacial score (nSPS) is 17.4. The Morgan fingerprint density at radius 2 is 2.16 bits per heavy atom. The van der Waals surface area contributed by atoms with Crippen molar-refractivity contribution in [1.29, 1.82) is 0 Å². The topological polar surface area (TPSA) is 29.1 Å². The van der Waals surface area contributed by atoms with E-state index in [9.17, 15) is 9.18 Å². The van der Waals surface area contributed by atoms with E-state index in [1.54, 1.807) is 23.9 Å². The van der Waals surface area contributed by atoms with Gasteiger partial charge in [0.25, 0.3) is 5.91 Å². The summed E-state index contributed by atoms with van der Waals surface area (Å²) < 4.78 is 14.3. The van der Waals surface area contributed by atoms with Gasteiger partial charge in [-0.2, -0.15) is 11.8 Å². The minimum Gasteiger partial charge on any atom is -0.351 e. The molecule has 0 radical (unpaired) electrons. The monoisotopic (exact) mass is 345 g/mol. The lowest BCUT2D eigenvalue weighted by atomic mass is 10.1. The van der Waals surface area contributed by atoms with Crippen LogP contribution in [0.1, 0.15) is 36.0 Å². The van der Waals surface area contributed by atoms with E-state index in [1.165, 1.54) is 18.9 Å². The first-order valence-electron chi connectivity index (χ1n) is 6.35. The maximum absolute atomic E-state index is 13.8. The van der Waals surface area contributed by atoms with Crippen molar-refractivity contribution in [1.82, 2.24) is 5.32 Å². The molecule has 104 valence electrons. The molecule has 1 aromatic carbocycles. The lowest BCUT2D eigenvalue weighted by Gasteiger charge is -2.26. The summed E-state index contributed by atoms with van der Waals surface area (Å²) in [5.74, 6) is -0.830. The molecule has 1 fully saturated rings. The molecular formula is C14H17BrFNOS. The number of hydrogen-bond donors (Lipinski definition) is 1. The molecule has 5 heteroatoms. The first-order valence-corrected chi connectivity index (χ1v) is 8.37. The summed E-state index contributed by atoms with van der Waals surface area (Å²) in [5, 5.41) is 2.88. The van der Waals surface area contributed by atoms with Crippen LogP contribution >= 0.6 is 27.7 Å². The van der Waals surface area contributed by atoms with E-state index in [-0.39, 0.29) is 16.2 Å². The maximum atomic E-state index is 13.8. The molecule has 0 aromatic heterocycles. The number of rotatable bonds is 4. The van der Waals surface area contributed by atoms with Crippen LogP contribution in [0, 0.1) is 5.82 Å². The van der Waals surface area contributed by atoms with Gasteiger partial charge in [-0.1, -0.05) is 18.9 Å². The molecule has 1 aliphatic rings. The van der Waals surface area contributed by atoms with E-state index < -0.39 is 5.82 Å². The van der Waals surface area contributed by atoms with E-state index in [0.717, 1.165) is 12.8 Å². The Labute approximate surface area is 125 Å². The molecule has 1 amide bonds. The molecule has 19 heavy (non-hydrogen) atoms. The predicted molar refractivity (Wildman–Crippen MR) is 81.1 cm³/mol. The Balaban J connectivity index is 2.03.